The van der Waals surface area contributed by atoms with Gasteiger partial charge in [-0.05, 0) is 87.9 Å². The van der Waals surface area contributed by atoms with Crippen molar-refractivity contribution >= 4 is 11.6 Å². The topological polar surface area (TPSA) is 18.5 Å². The van der Waals surface area contributed by atoms with Gasteiger partial charge in [0.15, 0.2) is 0 Å². The number of hydrogen-bond donors (Lipinski definition) is 1. The number of nitrogens with zero attached hydrogens (tertiary/aromatic N) is 2. The molecule has 0 aromatic rings. The summed E-state index contributed by atoms with van der Waals surface area (Å²) in [5.74, 6) is 2.26. The Morgan fingerprint density at radius 3 is 2.57 bits per heavy atom. The van der Waals surface area contributed by atoms with E-state index in [1.165, 1.54) is 77.9 Å². The van der Waals surface area contributed by atoms with Gasteiger partial charge in [0, 0.05) is 31.1 Å². The molecule has 0 saturated carbocycles. The Kier molecular flexibility index (Phi) is 9.14. The molecule has 0 spiro atoms. The van der Waals surface area contributed by atoms with E-state index in [-0.39, 0.29) is 0 Å². The molecular weight excluding hydrogens is 390 g/mol. The minimum atomic E-state index is 0.358. The summed E-state index contributed by atoms with van der Waals surface area (Å²) in [6.07, 6.45) is 9.90. The van der Waals surface area contributed by atoms with Gasteiger partial charge in [-0.3, -0.25) is 0 Å². The fraction of sp³-hybridized carbons (Fsp3) is 0.923. The van der Waals surface area contributed by atoms with Crippen LogP contribution in [0.2, 0.25) is 0 Å². The molecule has 174 valence electrons. The summed E-state index contributed by atoms with van der Waals surface area (Å²) >= 11 is 6.34. The van der Waals surface area contributed by atoms with E-state index in [0.717, 1.165) is 18.3 Å². The van der Waals surface area contributed by atoms with Crippen molar-refractivity contribution in [1.29, 1.82) is 0 Å². The zero-order valence-corrected chi connectivity index (χ0v) is 21.2. The molecule has 2 aliphatic heterocycles. The first-order chi connectivity index (χ1) is 14.3. The minimum absolute atomic E-state index is 0.358. The Hall–Kier alpha value is -0.0900. The summed E-state index contributed by atoms with van der Waals surface area (Å²) < 4.78 is 0. The van der Waals surface area contributed by atoms with Gasteiger partial charge in [0.2, 0.25) is 0 Å². The van der Waals surface area contributed by atoms with Crippen LogP contribution in [0.15, 0.2) is 11.6 Å². The van der Waals surface area contributed by atoms with Crippen molar-refractivity contribution in [3.63, 3.8) is 0 Å². The van der Waals surface area contributed by atoms with Gasteiger partial charge in [-0.1, -0.05) is 46.3 Å². The molecule has 1 aliphatic carbocycles. The Morgan fingerprint density at radius 1 is 1.17 bits per heavy atom. The Bertz CT molecular complexity index is 558. The van der Waals surface area contributed by atoms with E-state index in [0.29, 0.717) is 22.8 Å². The molecule has 4 atom stereocenters. The van der Waals surface area contributed by atoms with E-state index >= 15 is 0 Å². The van der Waals surface area contributed by atoms with E-state index in [1.807, 2.05) is 0 Å². The average Bonchev–Trinajstić information content (AvgIpc) is 3.13. The molecule has 3 aliphatic rings. The lowest BCUT2D eigenvalue weighted by Gasteiger charge is -2.47. The van der Waals surface area contributed by atoms with Crippen LogP contribution in [0.5, 0.6) is 0 Å². The van der Waals surface area contributed by atoms with E-state index in [4.69, 9.17) is 11.6 Å². The number of piperidine rings is 1. The molecule has 0 bridgehead atoms. The zero-order valence-electron chi connectivity index (χ0n) is 20.4. The van der Waals surface area contributed by atoms with Crippen molar-refractivity contribution in [2.24, 2.45) is 23.2 Å². The van der Waals surface area contributed by atoms with Gasteiger partial charge in [-0.25, -0.2) is 0 Å². The lowest BCUT2D eigenvalue weighted by atomic mass is 9.68. The third kappa shape index (κ3) is 6.70. The highest BCUT2D eigenvalue weighted by atomic mass is 35.5. The lowest BCUT2D eigenvalue weighted by molar-refractivity contribution is 0.0594. The van der Waals surface area contributed by atoms with Crippen LogP contribution < -0.4 is 5.32 Å². The summed E-state index contributed by atoms with van der Waals surface area (Å²) in [5, 5.41) is 4.35. The van der Waals surface area contributed by atoms with Crippen molar-refractivity contribution in [3.05, 3.63) is 11.6 Å². The normalized spacial score (nSPS) is 31.8. The Labute approximate surface area is 192 Å². The third-order valence-corrected chi connectivity index (χ3v) is 8.37. The maximum absolute atomic E-state index is 6.34. The quantitative estimate of drug-likeness (QED) is 0.385. The minimum Gasteiger partial charge on any atom is -0.312 e. The number of nitrogens with one attached hydrogen (secondary N) is 1. The molecule has 3 rings (SSSR count). The van der Waals surface area contributed by atoms with Crippen molar-refractivity contribution < 1.29 is 0 Å². The molecule has 4 heteroatoms. The van der Waals surface area contributed by atoms with Crippen LogP contribution in [0, 0.1) is 23.2 Å². The van der Waals surface area contributed by atoms with Gasteiger partial charge in [-0.2, -0.15) is 0 Å². The molecule has 1 unspecified atom stereocenters. The van der Waals surface area contributed by atoms with Crippen LogP contribution in [-0.4, -0.2) is 67.0 Å². The Balaban J connectivity index is 1.49. The summed E-state index contributed by atoms with van der Waals surface area (Å²) in [6, 6.07) is 0.600. The number of likely N-dealkylation sites (tertiary alicyclic amines) is 2. The van der Waals surface area contributed by atoms with Gasteiger partial charge in [0.1, 0.15) is 0 Å². The SMILES string of the molecule is CCCN1CC[C@@H](CN[C@@H](CN2CC[C@H](C3=CCC(Cl)CC3)C(C)(C)C2)C(C)C)C1. The standard InChI is InChI=1S/C26H48ClN3/c1-6-13-29-14-11-21(17-29)16-28-25(20(2)3)18-30-15-12-24(26(4,5)19-30)22-7-9-23(27)10-8-22/h7,20-21,23-25,28H,6,8-19H2,1-5H3/t21-,23?,24+,25-/m0/s1. The van der Waals surface area contributed by atoms with E-state index in [9.17, 15) is 0 Å². The van der Waals surface area contributed by atoms with Crippen LogP contribution in [0.25, 0.3) is 0 Å². The zero-order chi connectivity index (χ0) is 21.7. The van der Waals surface area contributed by atoms with Crippen molar-refractivity contribution in [1.82, 2.24) is 15.1 Å². The van der Waals surface area contributed by atoms with Gasteiger partial charge in [-0.15, -0.1) is 11.6 Å². The largest absolute Gasteiger partial charge is 0.312 e. The van der Waals surface area contributed by atoms with Crippen molar-refractivity contribution in [2.75, 3.05) is 45.8 Å². The third-order valence-electron chi connectivity index (χ3n) is 7.98. The molecule has 3 nitrogen and oxygen atoms in total. The molecule has 0 radical (unpaired) electrons. The average molecular weight is 438 g/mol. The number of allylic oxidation sites excluding steroid dienone is 2. The molecule has 30 heavy (non-hydrogen) atoms. The predicted molar refractivity (Wildman–Crippen MR) is 131 cm³/mol. The van der Waals surface area contributed by atoms with Crippen LogP contribution in [0.3, 0.4) is 0 Å². The lowest BCUT2D eigenvalue weighted by Crippen LogP contribution is -2.52. The molecule has 2 fully saturated rings. The molecule has 0 aromatic carbocycles. The van der Waals surface area contributed by atoms with Gasteiger partial charge in [0.05, 0.1) is 0 Å². The Morgan fingerprint density at radius 2 is 1.93 bits per heavy atom. The van der Waals surface area contributed by atoms with Gasteiger partial charge >= 0.3 is 0 Å². The van der Waals surface area contributed by atoms with Crippen molar-refractivity contribution in [2.45, 2.75) is 84.6 Å². The molecule has 0 aromatic heterocycles. The summed E-state index contributed by atoms with van der Waals surface area (Å²) in [5.41, 5.74) is 2.06. The fourth-order valence-corrected chi connectivity index (χ4v) is 6.35. The molecule has 2 saturated heterocycles. The number of rotatable bonds is 9. The van der Waals surface area contributed by atoms with Crippen LogP contribution in [0.4, 0.5) is 0 Å². The van der Waals surface area contributed by atoms with Crippen LogP contribution >= 0.6 is 11.6 Å². The van der Waals surface area contributed by atoms with Gasteiger partial charge in [0.25, 0.3) is 0 Å². The first-order valence-electron chi connectivity index (χ1n) is 12.8. The number of hydrogen-bond acceptors (Lipinski definition) is 3. The monoisotopic (exact) mass is 437 g/mol. The first-order valence-corrected chi connectivity index (χ1v) is 13.2. The molecule has 1 N–H and O–H groups in total. The maximum Gasteiger partial charge on any atom is 0.0373 e. The summed E-state index contributed by atoms with van der Waals surface area (Å²) in [4.78, 5) is 5.40. The highest BCUT2D eigenvalue weighted by Gasteiger charge is 2.39. The summed E-state index contributed by atoms with van der Waals surface area (Å²) in [6.45, 7) is 20.8. The second kappa shape index (κ2) is 11.2. The highest BCUT2D eigenvalue weighted by molar-refractivity contribution is 6.20. The smallest absolute Gasteiger partial charge is 0.0373 e. The fourth-order valence-electron chi connectivity index (χ4n) is 6.16. The predicted octanol–water partition coefficient (Wildman–Crippen LogP) is 5.40. The second-order valence-corrected chi connectivity index (χ2v) is 12.0. The van der Waals surface area contributed by atoms with E-state index in [2.05, 4.69) is 55.8 Å². The summed E-state index contributed by atoms with van der Waals surface area (Å²) in [7, 11) is 0. The van der Waals surface area contributed by atoms with Crippen LogP contribution in [-0.2, 0) is 0 Å². The second-order valence-electron chi connectivity index (χ2n) is 11.4. The number of halogens is 1. The van der Waals surface area contributed by atoms with Crippen LogP contribution in [0.1, 0.15) is 73.1 Å². The van der Waals surface area contributed by atoms with Crippen molar-refractivity contribution in [3.8, 4) is 0 Å². The first kappa shape index (κ1) is 24.6. The van der Waals surface area contributed by atoms with E-state index in [1.54, 1.807) is 5.57 Å². The highest BCUT2D eigenvalue weighted by Crippen LogP contribution is 2.43. The number of alkyl halides is 1. The molecule has 0 amide bonds. The molecular formula is C26H48ClN3. The van der Waals surface area contributed by atoms with Gasteiger partial charge < -0.3 is 15.1 Å². The molecule has 2 heterocycles. The maximum atomic E-state index is 6.34. The van der Waals surface area contributed by atoms with E-state index < -0.39 is 0 Å².